The number of anilines is 1. The number of nitrogens with zero attached hydrogens (tertiary/aromatic N) is 3. The molecule has 0 saturated heterocycles. The van der Waals surface area contributed by atoms with Gasteiger partial charge in [0, 0.05) is 34.7 Å². The first-order valence-corrected chi connectivity index (χ1v) is 9.98. The van der Waals surface area contributed by atoms with Crippen molar-refractivity contribution in [3.05, 3.63) is 90.9 Å². The van der Waals surface area contributed by atoms with Gasteiger partial charge in [-0.2, -0.15) is 5.10 Å². The van der Waals surface area contributed by atoms with Crippen LogP contribution in [-0.4, -0.2) is 26.9 Å². The van der Waals surface area contributed by atoms with E-state index in [1.165, 1.54) is 0 Å². The number of carbonyl (C=O) groups excluding carboxylic acids is 1. The highest BCUT2D eigenvalue weighted by molar-refractivity contribution is 7.98. The van der Waals surface area contributed by atoms with E-state index in [2.05, 4.69) is 15.4 Å². The summed E-state index contributed by atoms with van der Waals surface area (Å²) in [5, 5.41) is 7.62. The van der Waals surface area contributed by atoms with Crippen molar-refractivity contribution in [1.29, 1.82) is 0 Å². The van der Waals surface area contributed by atoms with Crippen LogP contribution < -0.4 is 5.32 Å². The highest BCUT2D eigenvalue weighted by atomic mass is 32.2. The number of hydrogen-bond acceptors (Lipinski definition) is 4. The fourth-order valence-corrected chi connectivity index (χ4v) is 3.25. The minimum atomic E-state index is -0.210. The van der Waals surface area contributed by atoms with Crippen molar-refractivity contribution in [1.82, 2.24) is 14.8 Å². The van der Waals surface area contributed by atoms with Crippen LogP contribution in [0.15, 0.2) is 90.2 Å². The molecule has 1 N–H and O–H groups in total. The van der Waals surface area contributed by atoms with Crippen LogP contribution in [0.2, 0.25) is 0 Å². The fraction of sp³-hybridized carbons (Fsp3) is 0.0455. The molecule has 0 bridgehead atoms. The number of rotatable bonds is 5. The van der Waals surface area contributed by atoms with Crippen molar-refractivity contribution < 1.29 is 4.79 Å². The molecule has 6 heteroatoms. The molecule has 0 aliphatic carbocycles. The van der Waals surface area contributed by atoms with Gasteiger partial charge in [-0.1, -0.05) is 18.2 Å². The maximum Gasteiger partial charge on any atom is 0.259 e. The molecule has 0 radical (unpaired) electrons. The number of carbonyl (C=O) groups is 1. The Morgan fingerprint density at radius 3 is 2.46 bits per heavy atom. The third-order valence-corrected chi connectivity index (χ3v) is 5.01. The molecule has 2 aromatic heterocycles. The van der Waals surface area contributed by atoms with Gasteiger partial charge in [0.15, 0.2) is 0 Å². The quantitative estimate of drug-likeness (QED) is 0.495. The van der Waals surface area contributed by atoms with Gasteiger partial charge in [0.25, 0.3) is 5.91 Å². The molecule has 0 saturated carbocycles. The summed E-state index contributed by atoms with van der Waals surface area (Å²) < 4.78 is 1.72. The molecule has 0 atom stereocenters. The summed E-state index contributed by atoms with van der Waals surface area (Å²) in [5.41, 5.74) is 3.50. The maximum atomic E-state index is 13.0. The number of aromatic nitrogens is 3. The van der Waals surface area contributed by atoms with Crippen LogP contribution >= 0.6 is 11.8 Å². The first-order valence-electron chi connectivity index (χ1n) is 8.75. The van der Waals surface area contributed by atoms with E-state index in [1.54, 1.807) is 35.0 Å². The molecule has 0 spiro atoms. The molecular formula is C22H18N4OS. The Morgan fingerprint density at radius 2 is 1.79 bits per heavy atom. The lowest BCUT2D eigenvalue weighted by Crippen LogP contribution is -2.12. The summed E-state index contributed by atoms with van der Waals surface area (Å²) in [4.78, 5) is 18.3. The minimum absolute atomic E-state index is 0.210. The van der Waals surface area contributed by atoms with E-state index in [-0.39, 0.29) is 5.91 Å². The maximum absolute atomic E-state index is 13.0. The molecule has 4 rings (SSSR count). The van der Waals surface area contributed by atoms with Crippen LogP contribution in [0.25, 0.3) is 16.9 Å². The van der Waals surface area contributed by atoms with Crippen LogP contribution in [0.5, 0.6) is 0 Å². The van der Waals surface area contributed by atoms with Gasteiger partial charge in [-0.05, 0) is 54.8 Å². The topological polar surface area (TPSA) is 59.8 Å². The zero-order valence-electron chi connectivity index (χ0n) is 15.2. The van der Waals surface area contributed by atoms with Crippen LogP contribution in [0, 0.1) is 0 Å². The van der Waals surface area contributed by atoms with Crippen LogP contribution in [0.4, 0.5) is 5.69 Å². The lowest BCUT2D eigenvalue weighted by atomic mass is 10.1. The minimum Gasteiger partial charge on any atom is -0.322 e. The first-order chi connectivity index (χ1) is 13.7. The molecule has 2 aromatic carbocycles. The monoisotopic (exact) mass is 386 g/mol. The van der Waals surface area contributed by atoms with Crippen LogP contribution in [0.1, 0.15) is 10.4 Å². The highest BCUT2D eigenvalue weighted by Crippen LogP contribution is 2.24. The van der Waals surface area contributed by atoms with Crippen molar-refractivity contribution in [2.75, 3.05) is 11.6 Å². The summed E-state index contributed by atoms with van der Waals surface area (Å²) in [6, 6.07) is 21.2. The molecule has 0 fully saturated rings. The third-order valence-electron chi connectivity index (χ3n) is 4.26. The van der Waals surface area contributed by atoms with E-state index in [1.807, 2.05) is 73.0 Å². The molecule has 0 unspecified atom stereocenters. The molecule has 2 heterocycles. The molecule has 28 heavy (non-hydrogen) atoms. The van der Waals surface area contributed by atoms with E-state index in [0.717, 1.165) is 21.8 Å². The average molecular weight is 386 g/mol. The van der Waals surface area contributed by atoms with Crippen molar-refractivity contribution in [3.63, 3.8) is 0 Å². The summed E-state index contributed by atoms with van der Waals surface area (Å²) >= 11 is 1.66. The number of nitrogens with one attached hydrogen (secondary N) is 1. The van der Waals surface area contributed by atoms with Gasteiger partial charge in [0.2, 0.25) is 0 Å². The van der Waals surface area contributed by atoms with E-state index in [0.29, 0.717) is 11.3 Å². The molecule has 0 aliphatic rings. The van der Waals surface area contributed by atoms with Gasteiger partial charge in [0.1, 0.15) is 5.69 Å². The Morgan fingerprint density at radius 1 is 1.00 bits per heavy atom. The molecular weight excluding hydrogens is 368 g/mol. The second-order valence-electron chi connectivity index (χ2n) is 6.10. The Hall–Kier alpha value is -3.38. The van der Waals surface area contributed by atoms with Gasteiger partial charge in [0.05, 0.1) is 11.3 Å². The summed E-state index contributed by atoms with van der Waals surface area (Å²) in [6.45, 7) is 0. The second kappa shape index (κ2) is 8.10. The van der Waals surface area contributed by atoms with Gasteiger partial charge < -0.3 is 5.32 Å². The summed E-state index contributed by atoms with van der Waals surface area (Å²) in [5.74, 6) is -0.210. The van der Waals surface area contributed by atoms with Crippen molar-refractivity contribution in [3.8, 4) is 16.9 Å². The van der Waals surface area contributed by atoms with Crippen molar-refractivity contribution in [2.45, 2.75) is 4.90 Å². The number of pyridine rings is 1. The number of thioether (sulfide) groups is 1. The van der Waals surface area contributed by atoms with Crippen LogP contribution in [0.3, 0.4) is 0 Å². The molecule has 4 aromatic rings. The van der Waals surface area contributed by atoms with Gasteiger partial charge in [-0.25, -0.2) is 4.68 Å². The number of benzene rings is 2. The van der Waals surface area contributed by atoms with E-state index in [4.69, 9.17) is 0 Å². The van der Waals surface area contributed by atoms with Crippen LogP contribution in [-0.2, 0) is 0 Å². The van der Waals surface area contributed by atoms with E-state index >= 15 is 0 Å². The normalized spacial score (nSPS) is 10.6. The number of amides is 1. The zero-order valence-corrected chi connectivity index (χ0v) is 16.1. The molecule has 138 valence electrons. The Bertz CT molecular complexity index is 1080. The lowest BCUT2D eigenvalue weighted by Gasteiger charge is -2.06. The number of hydrogen-bond donors (Lipinski definition) is 1. The van der Waals surface area contributed by atoms with Crippen molar-refractivity contribution in [2.24, 2.45) is 0 Å². The first kappa shape index (κ1) is 18.0. The van der Waals surface area contributed by atoms with Gasteiger partial charge in [-0.15, -0.1) is 11.8 Å². The fourth-order valence-electron chi connectivity index (χ4n) is 2.84. The Labute approximate surface area is 167 Å². The van der Waals surface area contributed by atoms with Gasteiger partial charge >= 0.3 is 0 Å². The standard InChI is InChI=1S/C22H18N4OS/c1-28-19-11-9-17(10-12-19)24-22(27)20-15-26(18-7-3-2-4-8-18)25-21(20)16-6-5-13-23-14-16/h2-15H,1H3,(H,24,27). The molecule has 1 amide bonds. The molecule has 0 aliphatic heterocycles. The largest absolute Gasteiger partial charge is 0.322 e. The summed E-state index contributed by atoms with van der Waals surface area (Å²) in [6.07, 6.45) is 7.18. The zero-order chi connectivity index (χ0) is 19.3. The van der Waals surface area contributed by atoms with E-state index in [9.17, 15) is 4.79 Å². The summed E-state index contributed by atoms with van der Waals surface area (Å²) in [7, 11) is 0. The second-order valence-corrected chi connectivity index (χ2v) is 6.98. The lowest BCUT2D eigenvalue weighted by molar-refractivity contribution is 0.102. The Kier molecular flexibility index (Phi) is 5.21. The predicted molar refractivity (Wildman–Crippen MR) is 113 cm³/mol. The highest BCUT2D eigenvalue weighted by Gasteiger charge is 2.19. The Balaban J connectivity index is 1.71. The number of para-hydroxylation sites is 1. The van der Waals surface area contributed by atoms with E-state index < -0.39 is 0 Å². The predicted octanol–water partition coefficient (Wildman–Crippen LogP) is 4.91. The van der Waals surface area contributed by atoms with Gasteiger partial charge in [-0.3, -0.25) is 9.78 Å². The smallest absolute Gasteiger partial charge is 0.259 e. The SMILES string of the molecule is CSc1ccc(NC(=O)c2cn(-c3ccccc3)nc2-c2cccnc2)cc1. The third kappa shape index (κ3) is 3.82. The average Bonchev–Trinajstić information content (AvgIpc) is 3.21. The van der Waals surface area contributed by atoms with Crippen molar-refractivity contribution >= 4 is 23.4 Å². The molecule has 5 nitrogen and oxygen atoms in total.